The van der Waals surface area contributed by atoms with Crippen LogP contribution >= 0.6 is 0 Å². The van der Waals surface area contributed by atoms with Crippen LogP contribution in [0.1, 0.15) is 30.5 Å². The number of fused-ring (bicyclic) bond motifs is 1. The first-order valence-electron chi connectivity index (χ1n) is 12.8. The standard InChI is InChI=1S/C28H35N7O/c1-33-13-6-14-35(18-17-33)28-31-25-19-21(8-9-22-7-4-5-12-29-22)26(36-3)20-24(25)27(32-28)30-23-10-15-34(2)16-11-23/h4-5,7,12,19-20,23H,6,10-11,13-18H2,1-3H3,(H,30,31,32). The summed E-state index contributed by atoms with van der Waals surface area (Å²) in [5, 5.41) is 4.72. The van der Waals surface area contributed by atoms with Gasteiger partial charge in [-0.15, -0.1) is 0 Å². The number of hydrogen-bond donors (Lipinski definition) is 1. The lowest BCUT2D eigenvalue weighted by Gasteiger charge is -2.30. The molecule has 4 heterocycles. The second-order valence-corrected chi connectivity index (χ2v) is 9.77. The van der Waals surface area contributed by atoms with E-state index in [0.717, 1.165) is 92.5 Å². The molecule has 0 saturated carbocycles. The van der Waals surface area contributed by atoms with E-state index in [1.165, 1.54) is 0 Å². The number of nitrogens with zero attached hydrogens (tertiary/aromatic N) is 6. The molecular weight excluding hydrogens is 450 g/mol. The molecule has 8 nitrogen and oxygen atoms in total. The second-order valence-electron chi connectivity index (χ2n) is 9.77. The maximum Gasteiger partial charge on any atom is 0.227 e. The van der Waals surface area contributed by atoms with E-state index in [9.17, 15) is 0 Å². The summed E-state index contributed by atoms with van der Waals surface area (Å²) >= 11 is 0. The second kappa shape index (κ2) is 11.1. The molecule has 5 rings (SSSR count). The van der Waals surface area contributed by atoms with Crippen LogP contribution in [0.5, 0.6) is 5.75 Å². The van der Waals surface area contributed by atoms with Crippen LogP contribution in [0.3, 0.4) is 0 Å². The molecule has 0 spiro atoms. The maximum atomic E-state index is 5.75. The smallest absolute Gasteiger partial charge is 0.227 e. The van der Waals surface area contributed by atoms with Crippen LogP contribution in [-0.2, 0) is 0 Å². The van der Waals surface area contributed by atoms with Crippen molar-refractivity contribution in [3.63, 3.8) is 0 Å². The van der Waals surface area contributed by atoms with Crippen molar-refractivity contribution in [2.75, 3.05) is 70.7 Å². The number of methoxy groups -OCH3 is 1. The summed E-state index contributed by atoms with van der Waals surface area (Å²) in [7, 11) is 6.04. The van der Waals surface area contributed by atoms with Crippen LogP contribution in [0.2, 0.25) is 0 Å². The monoisotopic (exact) mass is 485 g/mol. The predicted molar refractivity (Wildman–Crippen MR) is 145 cm³/mol. The molecule has 2 aromatic heterocycles. The molecule has 0 unspecified atom stereocenters. The number of rotatable bonds is 4. The van der Waals surface area contributed by atoms with Gasteiger partial charge in [-0.1, -0.05) is 12.0 Å². The highest BCUT2D eigenvalue weighted by Crippen LogP contribution is 2.31. The molecular formula is C28H35N7O. The SMILES string of the molecule is COc1cc2c(NC3CCN(C)CC3)nc(N3CCCN(C)CC3)nc2cc1C#Cc1ccccn1. The largest absolute Gasteiger partial charge is 0.495 e. The van der Waals surface area contributed by atoms with Gasteiger partial charge in [0.15, 0.2) is 0 Å². The molecule has 1 N–H and O–H groups in total. The van der Waals surface area contributed by atoms with Gasteiger partial charge in [-0.05, 0) is 83.2 Å². The summed E-state index contributed by atoms with van der Waals surface area (Å²) < 4.78 is 5.75. The minimum atomic E-state index is 0.386. The molecule has 0 bridgehead atoms. The third-order valence-electron chi connectivity index (χ3n) is 7.06. The Morgan fingerprint density at radius 1 is 0.944 bits per heavy atom. The van der Waals surface area contributed by atoms with Crippen LogP contribution in [0.4, 0.5) is 11.8 Å². The van der Waals surface area contributed by atoms with E-state index in [2.05, 4.69) is 50.9 Å². The van der Waals surface area contributed by atoms with Crippen molar-refractivity contribution < 1.29 is 4.74 Å². The zero-order chi connectivity index (χ0) is 24.9. The van der Waals surface area contributed by atoms with E-state index in [0.29, 0.717) is 11.8 Å². The van der Waals surface area contributed by atoms with Crippen molar-refractivity contribution in [1.29, 1.82) is 0 Å². The molecule has 36 heavy (non-hydrogen) atoms. The number of ether oxygens (including phenoxy) is 1. The Morgan fingerprint density at radius 3 is 2.56 bits per heavy atom. The average Bonchev–Trinajstić information content (AvgIpc) is 3.13. The topological polar surface area (TPSA) is 69.7 Å². The van der Waals surface area contributed by atoms with Gasteiger partial charge in [0.1, 0.15) is 17.3 Å². The molecule has 1 aromatic carbocycles. The number of anilines is 2. The Morgan fingerprint density at radius 2 is 1.78 bits per heavy atom. The molecule has 0 amide bonds. The Bertz CT molecular complexity index is 1250. The van der Waals surface area contributed by atoms with E-state index in [1.807, 2.05) is 30.3 Å². The number of likely N-dealkylation sites (tertiary alicyclic amines) is 1. The Labute approximate surface area is 213 Å². The molecule has 188 valence electrons. The first kappa shape index (κ1) is 24.3. The van der Waals surface area contributed by atoms with Gasteiger partial charge in [0, 0.05) is 37.3 Å². The highest BCUT2D eigenvalue weighted by molar-refractivity contribution is 5.93. The number of nitrogens with one attached hydrogen (secondary N) is 1. The molecule has 2 aliphatic rings. The fourth-order valence-corrected chi connectivity index (χ4v) is 4.82. The molecule has 0 atom stereocenters. The summed E-state index contributed by atoms with van der Waals surface area (Å²) in [6.45, 7) is 6.13. The highest BCUT2D eigenvalue weighted by Gasteiger charge is 2.22. The van der Waals surface area contributed by atoms with Gasteiger partial charge in [0.25, 0.3) is 0 Å². The van der Waals surface area contributed by atoms with Crippen molar-refractivity contribution >= 4 is 22.7 Å². The van der Waals surface area contributed by atoms with Crippen LogP contribution < -0.4 is 15.0 Å². The zero-order valence-electron chi connectivity index (χ0n) is 21.5. The maximum absolute atomic E-state index is 5.75. The van der Waals surface area contributed by atoms with Crippen molar-refractivity contribution in [2.45, 2.75) is 25.3 Å². The van der Waals surface area contributed by atoms with Crippen molar-refractivity contribution in [3.05, 3.63) is 47.8 Å². The quantitative estimate of drug-likeness (QED) is 0.566. The zero-order valence-corrected chi connectivity index (χ0v) is 21.5. The number of benzene rings is 1. The Kier molecular flexibility index (Phi) is 7.49. The summed E-state index contributed by atoms with van der Waals surface area (Å²) in [6.07, 6.45) is 5.03. The number of pyridine rings is 1. The summed E-state index contributed by atoms with van der Waals surface area (Å²) in [5.74, 6) is 8.78. The number of piperidine rings is 1. The third kappa shape index (κ3) is 5.69. The Hall–Kier alpha value is -3.41. The highest BCUT2D eigenvalue weighted by atomic mass is 16.5. The molecule has 2 aliphatic heterocycles. The van der Waals surface area contributed by atoms with E-state index in [1.54, 1.807) is 13.3 Å². The van der Waals surface area contributed by atoms with Gasteiger partial charge in [0.2, 0.25) is 5.95 Å². The van der Waals surface area contributed by atoms with Crippen molar-refractivity contribution in [2.24, 2.45) is 0 Å². The average molecular weight is 486 g/mol. The van der Waals surface area contributed by atoms with Gasteiger partial charge >= 0.3 is 0 Å². The lowest BCUT2D eigenvalue weighted by atomic mass is 10.0. The van der Waals surface area contributed by atoms with Crippen LogP contribution in [-0.4, -0.2) is 91.3 Å². The third-order valence-corrected chi connectivity index (χ3v) is 7.06. The normalized spacial score (nSPS) is 17.9. The van der Waals surface area contributed by atoms with E-state index >= 15 is 0 Å². The molecule has 2 fully saturated rings. The summed E-state index contributed by atoms with van der Waals surface area (Å²) in [6, 6.07) is 10.2. The molecule has 8 heteroatoms. The lowest BCUT2D eigenvalue weighted by Crippen LogP contribution is -2.37. The van der Waals surface area contributed by atoms with Gasteiger partial charge < -0.3 is 24.8 Å². The van der Waals surface area contributed by atoms with Crippen LogP contribution in [0, 0.1) is 11.8 Å². The lowest BCUT2D eigenvalue weighted by molar-refractivity contribution is 0.264. The van der Waals surface area contributed by atoms with Gasteiger partial charge in [-0.3, -0.25) is 0 Å². The first-order valence-corrected chi connectivity index (χ1v) is 12.8. The number of aromatic nitrogens is 3. The molecule has 2 saturated heterocycles. The summed E-state index contributed by atoms with van der Waals surface area (Å²) in [5.41, 5.74) is 2.39. The number of likely N-dealkylation sites (N-methyl/N-ethyl adjacent to an activating group) is 1. The first-order chi connectivity index (χ1) is 17.6. The fourth-order valence-electron chi connectivity index (χ4n) is 4.82. The van der Waals surface area contributed by atoms with E-state index < -0.39 is 0 Å². The Balaban J connectivity index is 1.56. The van der Waals surface area contributed by atoms with Gasteiger partial charge in [0.05, 0.1) is 18.2 Å². The van der Waals surface area contributed by atoms with E-state index in [4.69, 9.17) is 14.7 Å². The minimum Gasteiger partial charge on any atom is -0.495 e. The van der Waals surface area contributed by atoms with E-state index in [-0.39, 0.29) is 0 Å². The molecule has 0 radical (unpaired) electrons. The van der Waals surface area contributed by atoms with Gasteiger partial charge in [-0.25, -0.2) is 9.97 Å². The summed E-state index contributed by atoms with van der Waals surface area (Å²) in [4.78, 5) is 21.5. The fraction of sp³-hybridized carbons (Fsp3) is 0.464. The minimum absolute atomic E-state index is 0.386. The van der Waals surface area contributed by atoms with Crippen molar-refractivity contribution in [3.8, 4) is 17.6 Å². The van der Waals surface area contributed by atoms with Crippen LogP contribution in [0.25, 0.3) is 10.9 Å². The molecule has 0 aliphatic carbocycles. The van der Waals surface area contributed by atoms with Crippen molar-refractivity contribution in [1.82, 2.24) is 24.8 Å². The predicted octanol–water partition coefficient (Wildman–Crippen LogP) is 3.08. The molecule has 3 aromatic rings. The van der Waals surface area contributed by atoms with Crippen LogP contribution in [0.15, 0.2) is 36.5 Å². The number of hydrogen-bond acceptors (Lipinski definition) is 8. The van der Waals surface area contributed by atoms with Gasteiger partial charge in [-0.2, -0.15) is 4.98 Å².